The Labute approximate surface area is 169 Å². The van der Waals surface area contributed by atoms with Crippen molar-refractivity contribution in [3.8, 4) is 5.75 Å². The van der Waals surface area contributed by atoms with Gasteiger partial charge in [-0.3, -0.25) is 4.79 Å². The number of aromatic nitrogens is 1. The molecular weight excluding hydrogens is 381 g/mol. The molecule has 5 heteroatoms. The van der Waals surface area contributed by atoms with Gasteiger partial charge in [0.25, 0.3) is 5.56 Å². The zero-order valence-electron chi connectivity index (χ0n) is 15.1. The molecule has 0 aliphatic rings. The Balaban J connectivity index is 1.82. The van der Waals surface area contributed by atoms with Gasteiger partial charge in [0.05, 0.1) is 12.1 Å². The molecule has 0 aliphatic carbocycles. The lowest BCUT2D eigenvalue weighted by Gasteiger charge is -2.15. The number of ether oxygens (including phenoxy) is 1. The summed E-state index contributed by atoms with van der Waals surface area (Å²) in [5.41, 5.74) is 2.95. The predicted molar refractivity (Wildman–Crippen MR) is 111 cm³/mol. The highest BCUT2D eigenvalue weighted by Gasteiger charge is 2.13. The standard InChI is InChI=1S/C22H21Cl2NO2/c1-27-18-10-7-17(8-11-18)9-12-21-19(23)15-20(24)22(26)25(21)14-13-16-5-3-2-4-6-16/h2-8,10-11,15H,9,12-14H2,1H3. The maximum Gasteiger partial charge on any atom is 0.269 e. The Kier molecular flexibility index (Phi) is 6.59. The molecule has 0 bridgehead atoms. The van der Waals surface area contributed by atoms with Crippen molar-refractivity contribution in [2.45, 2.75) is 25.8 Å². The average Bonchev–Trinajstić information content (AvgIpc) is 2.70. The van der Waals surface area contributed by atoms with Gasteiger partial charge in [-0.25, -0.2) is 0 Å². The molecule has 0 saturated heterocycles. The summed E-state index contributed by atoms with van der Waals surface area (Å²) in [6.45, 7) is 0.543. The van der Waals surface area contributed by atoms with Crippen LogP contribution in [0.5, 0.6) is 5.75 Å². The minimum atomic E-state index is -0.193. The molecule has 0 atom stereocenters. The Morgan fingerprint density at radius 2 is 1.52 bits per heavy atom. The summed E-state index contributed by atoms with van der Waals surface area (Å²) in [7, 11) is 1.65. The minimum Gasteiger partial charge on any atom is -0.497 e. The van der Waals surface area contributed by atoms with Crippen molar-refractivity contribution in [3.05, 3.63) is 97.9 Å². The highest BCUT2D eigenvalue weighted by molar-refractivity contribution is 6.34. The second-order valence-electron chi connectivity index (χ2n) is 6.33. The van der Waals surface area contributed by atoms with E-state index in [4.69, 9.17) is 27.9 Å². The predicted octanol–water partition coefficient (Wildman–Crippen LogP) is 5.19. The van der Waals surface area contributed by atoms with Crippen molar-refractivity contribution >= 4 is 23.2 Å². The van der Waals surface area contributed by atoms with Crippen molar-refractivity contribution in [1.82, 2.24) is 4.57 Å². The normalized spacial score (nSPS) is 10.8. The fraction of sp³-hybridized carbons (Fsp3) is 0.227. The molecule has 0 aliphatic heterocycles. The molecule has 27 heavy (non-hydrogen) atoms. The molecule has 1 heterocycles. The van der Waals surface area contributed by atoms with Gasteiger partial charge in [0.2, 0.25) is 0 Å². The molecule has 0 saturated carbocycles. The zero-order chi connectivity index (χ0) is 19.2. The van der Waals surface area contributed by atoms with E-state index in [0.717, 1.165) is 29.8 Å². The van der Waals surface area contributed by atoms with Gasteiger partial charge < -0.3 is 9.30 Å². The number of aryl methyl sites for hydroxylation is 2. The number of halogens is 2. The summed E-state index contributed by atoms with van der Waals surface area (Å²) in [4.78, 5) is 12.6. The van der Waals surface area contributed by atoms with E-state index in [-0.39, 0.29) is 10.6 Å². The first kappa shape index (κ1) is 19.5. The van der Waals surface area contributed by atoms with E-state index in [0.29, 0.717) is 18.0 Å². The Morgan fingerprint density at radius 1 is 0.852 bits per heavy atom. The minimum absolute atomic E-state index is 0.154. The summed E-state index contributed by atoms with van der Waals surface area (Å²) in [5, 5.41) is 0.683. The van der Waals surface area contributed by atoms with Crippen LogP contribution in [0.2, 0.25) is 10.0 Å². The van der Waals surface area contributed by atoms with Gasteiger partial charge in [-0.1, -0.05) is 65.7 Å². The van der Waals surface area contributed by atoms with E-state index in [1.54, 1.807) is 17.7 Å². The van der Waals surface area contributed by atoms with E-state index in [1.807, 2.05) is 54.6 Å². The van der Waals surface area contributed by atoms with Crippen LogP contribution in [-0.2, 0) is 25.8 Å². The summed E-state index contributed by atoms with van der Waals surface area (Å²) in [6.07, 6.45) is 2.18. The maximum atomic E-state index is 12.6. The Morgan fingerprint density at radius 3 is 2.19 bits per heavy atom. The lowest BCUT2D eigenvalue weighted by molar-refractivity contribution is 0.414. The van der Waals surface area contributed by atoms with Gasteiger partial charge in [0.15, 0.2) is 0 Å². The third-order valence-corrected chi connectivity index (χ3v) is 5.18. The summed E-state index contributed by atoms with van der Waals surface area (Å²) in [6, 6.07) is 19.5. The van der Waals surface area contributed by atoms with Crippen LogP contribution < -0.4 is 10.3 Å². The third-order valence-electron chi connectivity index (χ3n) is 4.58. The van der Waals surface area contributed by atoms with E-state index < -0.39 is 0 Å². The first-order valence-electron chi connectivity index (χ1n) is 8.83. The number of pyridine rings is 1. The van der Waals surface area contributed by atoms with E-state index in [1.165, 1.54) is 5.56 Å². The van der Waals surface area contributed by atoms with Crippen LogP contribution in [0.1, 0.15) is 16.8 Å². The van der Waals surface area contributed by atoms with E-state index >= 15 is 0 Å². The molecular formula is C22H21Cl2NO2. The summed E-state index contributed by atoms with van der Waals surface area (Å²) < 4.78 is 6.90. The molecule has 3 rings (SSSR count). The van der Waals surface area contributed by atoms with Crippen LogP contribution in [0, 0.1) is 0 Å². The van der Waals surface area contributed by atoms with Gasteiger partial charge in [-0.15, -0.1) is 0 Å². The van der Waals surface area contributed by atoms with Gasteiger partial charge >= 0.3 is 0 Å². The van der Waals surface area contributed by atoms with Gasteiger partial charge in [-0.05, 0) is 48.6 Å². The Bertz CT molecular complexity index is 951. The largest absolute Gasteiger partial charge is 0.497 e. The third kappa shape index (κ3) is 4.94. The highest BCUT2D eigenvalue weighted by Crippen LogP contribution is 2.21. The van der Waals surface area contributed by atoms with Crippen molar-refractivity contribution in [2.24, 2.45) is 0 Å². The summed E-state index contributed by atoms with van der Waals surface area (Å²) in [5.74, 6) is 0.822. The smallest absolute Gasteiger partial charge is 0.269 e. The molecule has 0 amide bonds. The van der Waals surface area contributed by atoms with Crippen LogP contribution in [0.15, 0.2) is 65.5 Å². The van der Waals surface area contributed by atoms with Crippen molar-refractivity contribution in [3.63, 3.8) is 0 Å². The van der Waals surface area contributed by atoms with Crippen molar-refractivity contribution in [1.29, 1.82) is 0 Å². The first-order valence-corrected chi connectivity index (χ1v) is 9.58. The first-order chi connectivity index (χ1) is 13.1. The number of hydrogen-bond acceptors (Lipinski definition) is 2. The van der Waals surface area contributed by atoms with Crippen LogP contribution in [0.25, 0.3) is 0 Å². The number of nitrogens with zero attached hydrogens (tertiary/aromatic N) is 1. The van der Waals surface area contributed by atoms with Gasteiger partial charge in [0, 0.05) is 12.2 Å². The second-order valence-corrected chi connectivity index (χ2v) is 7.14. The van der Waals surface area contributed by atoms with Crippen LogP contribution in [0.3, 0.4) is 0 Å². The number of rotatable bonds is 7. The van der Waals surface area contributed by atoms with Gasteiger partial charge in [-0.2, -0.15) is 0 Å². The fourth-order valence-electron chi connectivity index (χ4n) is 3.07. The molecule has 0 radical (unpaired) electrons. The van der Waals surface area contributed by atoms with Crippen LogP contribution >= 0.6 is 23.2 Å². The van der Waals surface area contributed by atoms with Gasteiger partial charge in [0.1, 0.15) is 10.8 Å². The van der Waals surface area contributed by atoms with Crippen LogP contribution in [-0.4, -0.2) is 11.7 Å². The quantitative estimate of drug-likeness (QED) is 0.545. The highest BCUT2D eigenvalue weighted by atomic mass is 35.5. The fourth-order valence-corrected chi connectivity index (χ4v) is 3.64. The van der Waals surface area contributed by atoms with E-state index in [2.05, 4.69) is 0 Å². The molecule has 0 fully saturated rings. The SMILES string of the molecule is COc1ccc(CCc2c(Cl)cc(Cl)c(=O)n2CCc2ccccc2)cc1. The molecule has 3 aromatic rings. The van der Waals surface area contributed by atoms with Crippen molar-refractivity contribution in [2.75, 3.05) is 7.11 Å². The maximum absolute atomic E-state index is 12.6. The zero-order valence-corrected chi connectivity index (χ0v) is 16.6. The number of hydrogen-bond donors (Lipinski definition) is 0. The molecule has 0 spiro atoms. The topological polar surface area (TPSA) is 31.2 Å². The molecule has 0 unspecified atom stereocenters. The average molecular weight is 402 g/mol. The Hall–Kier alpha value is -2.23. The molecule has 0 N–H and O–H groups in total. The number of benzene rings is 2. The van der Waals surface area contributed by atoms with Crippen molar-refractivity contribution < 1.29 is 4.74 Å². The monoisotopic (exact) mass is 401 g/mol. The molecule has 2 aromatic carbocycles. The molecule has 1 aromatic heterocycles. The molecule has 140 valence electrons. The second kappa shape index (κ2) is 9.12. The summed E-state index contributed by atoms with van der Waals surface area (Å²) >= 11 is 12.5. The lowest BCUT2D eigenvalue weighted by Crippen LogP contribution is -2.25. The van der Waals surface area contributed by atoms with E-state index in [9.17, 15) is 4.79 Å². The molecule has 3 nitrogen and oxygen atoms in total. The number of methoxy groups -OCH3 is 1. The lowest BCUT2D eigenvalue weighted by atomic mass is 10.1. The van der Waals surface area contributed by atoms with Crippen LogP contribution in [0.4, 0.5) is 0 Å².